The van der Waals surface area contributed by atoms with Crippen LogP contribution in [-0.4, -0.2) is 18.0 Å². The fourth-order valence-electron chi connectivity index (χ4n) is 3.87. The van der Waals surface area contributed by atoms with Gasteiger partial charge in [0.05, 0.1) is 24.1 Å². The van der Waals surface area contributed by atoms with Crippen molar-refractivity contribution in [2.24, 2.45) is 0 Å². The molecule has 0 fully saturated rings. The first-order valence-electron chi connectivity index (χ1n) is 9.11. The molecule has 0 atom stereocenters. The number of nitrogens with one attached hydrogen (secondary N) is 1. The zero-order valence-electron chi connectivity index (χ0n) is 15.6. The van der Waals surface area contributed by atoms with Gasteiger partial charge in [-0.2, -0.15) is 0 Å². The van der Waals surface area contributed by atoms with Crippen LogP contribution in [0.5, 0.6) is 5.75 Å². The molecule has 4 aromatic rings. The highest BCUT2D eigenvalue weighted by Gasteiger charge is 2.25. The third-order valence-corrected chi connectivity index (χ3v) is 6.11. The number of benzene rings is 3. The molecular formula is C23H18N2O2S. The summed E-state index contributed by atoms with van der Waals surface area (Å²) in [7, 11) is 1.65. The van der Waals surface area contributed by atoms with Crippen LogP contribution >= 0.6 is 11.3 Å². The predicted octanol–water partition coefficient (Wildman–Crippen LogP) is 5.44. The molecule has 1 heterocycles. The molecule has 1 N–H and O–H groups in total. The molecule has 28 heavy (non-hydrogen) atoms. The maximum Gasteiger partial charge on any atom is 0.230 e. The van der Waals surface area contributed by atoms with Crippen molar-refractivity contribution >= 4 is 33.1 Å². The third kappa shape index (κ3) is 2.67. The van der Waals surface area contributed by atoms with Crippen LogP contribution in [0.1, 0.15) is 11.1 Å². The van der Waals surface area contributed by atoms with Crippen LogP contribution in [0.15, 0.2) is 54.6 Å². The lowest BCUT2D eigenvalue weighted by Gasteiger charge is -2.07. The van der Waals surface area contributed by atoms with Gasteiger partial charge in [-0.25, -0.2) is 4.98 Å². The number of anilines is 1. The van der Waals surface area contributed by atoms with Gasteiger partial charge in [0, 0.05) is 11.1 Å². The number of rotatable bonds is 4. The predicted molar refractivity (Wildman–Crippen MR) is 114 cm³/mol. The maximum atomic E-state index is 12.5. The second kappa shape index (κ2) is 6.46. The molecule has 1 aromatic heterocycles. The number of carbonyl (C=O) groups is 1. The summed E-state index contributed by atoms with van der Waals surface area (Å²) in [6, 6.07) is 18.4. The summed E-state index contributed by atoms with van der Waals surface area (Å²) in [6.07, 6.45) is 0.307. The first-order chi connectivity index (χ1) is 13.6. The largest absolute Gasteiger partial charge is 0.496 e. The number of methoxy groups -OCH3 is 1. The van der Waals surface area contributed by atoms with Crippen molar-refractivity contribution < 1.29 is 9.53 Å². The Morgan fingerprint density at radius 2 is 1.89 bits per heavy atom. The third-order valence-electron chi connectivity index (χ3n) is 5.10. The van der Waals surface area contributed by atoms with Crippen molar-refractivity contribution in [3.63, 3.8) is 0 Å². The van der Waals surface area contributed by atoms with E-state index in [1.807, 2.05) is 25.1 Å². The van der Waals surface area contributed by atoms with Gasteiger partial charge in [0.2, 0.25) is 5.91 Å². The molecule has 0 saturated heterocycles. The molecule has 0 bridgehead atoms. The molecule has 0 saturated carbocycles. The Morgan fingerprint density at radius 1 is 1.11 bits per heavy atom. The highest BCUT2D eigenvalue weighted by molar-refractivity contribution is 7.20. The van der Waals surface area contributed by atoms with Crippen LogP contribution in [0.4, 0.5) is 5.13 Å². The zero-order valence-corrected chi connectivity index (χ0v) is 16.4. The van der Waals surface area contributed by atoms with Gasteiger partial charge >= 0.3 is 0 Å². The first-order valence-corrected chi connectivity index (χ1v) is 9.92. The van der Waals surface area contributed by atoms with Gasteiger partial charge in [-0.1, -0.05) is 59.9 Å². The Morgan fingerprint density at radius 3 is 2.64 bits per heavy atom. The Kier molecular flexibility index (Phi) is 3.91. The molecule has 0 spiro atoms. The smallest absolute Gasteiger partial charge is 0.230 e. The van der Waals surface area contributed by atoms with E-state index < -0.39 is 0 Å². The van der Waals surface area contributed by atoms with E-state index in [9.17, 15) is 4.79 Å². The molecule has 0 aliphatic heterocycles. The second-order valence-corrected chi connectivity index (χ2v) is 7.93. The molecule has 1 aliphatic rings. The minimum absolute atomic E-state index is 0.0662. The van der Waals surface area contributed by atoms with Crippen molar-refractivity contribution in [3.05, 3.63) is 65.7 Å². The van der Waals surface area contributed by atoms with Gasteiger partial charge in [0.25, 0.3) is 0 Å². The molecule has 1 aliphatic carbocycles. The number of aromatic nitrogens is 1. The van der Waals surface area contributed by atoms with Crippen molar-refractivity contribution in [3.8, 4) is 27.4 Å². The van der Waals surface area contributed by atoms with E-state index in [2.05, 4.69) is 41.7 Å². The van der Waals surface area contributed by atoms with Crippen LogP contribution in [-0.2, 0) is 11.2 Å². The summed E-state index contributed by atoms with van der Waals surface area (Å²) < 4.78 is 5.28. The van der Waals surface area contributed by atoms with Crippen LogP contribution in [0.3, 0.4) is 0 Å². The Balaban J connectivity index is 1.39. The summed E-state index contributed by atoms with van der Waals surface area (Å²) in [6.45, 7) is 1.98. The molecule has 5 heteroatoms. The number of nitrogens with zero attached hydrogens (tertiary/aromatic N) is 1. The summed E-state index contributed by atoms with van der Waals surface area (Å²) >= 11 is 1.54. The van der Waals surface area contributed by atoms with Gasteiger partial charge in [-0.3, -0.25) is 4.79 Å². The van der Waals surface area contributed by atoms with E-state index in [0.717, 1.165) is 33.0 Å². The Labute approximate surface area is 166 Å². The monoisotopic (exact) mass is 386 g/mol. The molecule has 138 valence electrons. The second-order valence-electron chi connectivity index (χ2n) is 6.93. The SMILES string of the molecule is COc1ccc(CC(=O)Nc2nc3c(s2)-c2cccc4cccc-3c24)cc1C. The minimum atomic E-state index is -0.0662. The molecular weight excluding hydrogens is 368 g/mol. The number of aryl methyl sites for hydroxylation is 1. The summed E-state index contributed by atoms with van der Waals surface area (Å²) in [5.41, 5.74) is 5.28. The lowest BCUT2D eigenvalue weighted by molar-refractivity contribution is -0.115. The maximum absolute atomic E-state index is 12.5. The van der Waals surface area contributed by atoms with Crippen molar-refractivity contribution in [1.29, 1.82) is 0 Å². The minimum Gasteiger partial charge on any atom is -0.496 e. The first kappa shape index (κ1) is 17.0. The van der Waals surface area contributed by atoms with Gasteiger partial charge in [0.15, 0.2) is 5.13 Å². The van der Waals surface area contributed by atoms with Crippen molar-refractivity contribution in [2.75, 3.05) is 12.4 Å². The van der Waals surface area contributed by atoms with Gasteiger partial charge < -0.3 is 10.1 Å². The van der Waals surface area contributed by atoms with Crippen LogP contribution in [0.2, 0.25) is 0 Å². The number of thiazole rings is 1. The number of ether oxygens (including phenoxy) is 1. The number of amides is 1. The number of fused-ring (bicyclic) bond motifs is 3. The molecule has 4 nitrogen and oxygen atoms in total. The average molecular weight is 386 g/mol. The lowest BCUT2D eigenvalue weighted by atomic mass is 10.0. The van der Waals surface area contributed by atoms with E-state index in [4.69, 9.17) is 9.72 Å². The lowest BCUT2D eigenvalue weighted by Crippen LogP contribution is -2.14. The highest BCUT2D eigenvalue weighted by atomic mass is 32.1. The Bertz CT molecular complexity index is 1190. The number of hydrogen-bond acceptors (Lipinski definition) is 4. The molecule has 1 amide bonds. The molecule has 3 aromatic carbocycles. The summed E-state index contributed by atoms with van der Waals surface area (Å²) in [4.78, 5) is 18.4. The highest BCUT2D eigenvalue weighted by Crippen LogP contribution is 2.50. The fourth-order valence-corrected chi connectivity index (χ4v) is 4.89. The topological polar surface area (TPSA) is 51.2 Å². The standard InChI is InChI=1S/C23H18N2O2S/c1-13-11-14(9-10-18(13)27-2)12-19(26)24-23-25-21-16-7-3-5-15-6-4-8-17(20(15)16)22(21)28-23/h3-11H,12H2,1-2H3,(H,24,25,26). The average Bonchev–Trinajstić information content (AvgIpc) is 3.22. The van der Waals surface area contributed by atoms with Crippen molar-refractivity contribution in [1.82, 2.24) is 4.98 Å². The van der Waals surface area contributed by atoms with Crippen LogP contribution in [0.25, 0.3) is 32.5 Å². The quantitative estimate of drug-likeness (QED) is 0.447. The summed E-state index contributed by atoms with van der Waals surface area (Å²) in [5, 5.41) is 6.09. The van der Waals surface area contributed by atoms with E-state index in [1.54, 1.807) is 7.11 Å². The van der Waals surface area contributed by atoms with E-state index in [0.29, 0.717) is 11.6 Å². The van der Waals surface area contributed by atoms with E-state index in [-0.39, 0.29) is 5.91 Å². The van der Waals surface area contributed by atoms with Gasteiger partial charge in [-0.05, 0) is 34.9 Å². The van der Waals surface area contributed by atoms with E-state index >= 15 is 0 Å². The molecule has 5 rings (SSSR count). The fraction of sp³-hybridized carbons (Fsp3) is 0.130. The Hall–Kier alpha value is -3.18. The summed E-state index contributed by atoms with van der Waals surface area (Å²) in [5.74, 6) is 0.761. The van der Waals surface area contributed by atoms with E-state index in [1.165, 1.54) is 27.7 Å². The zero-order chi connectivity index (χ0) is 19.3. The van der Waals surface area contributed by atoms with Crippen LogP contribution < -0.4 is 10.1 Å². The normalized spacial score (nSPS) is 11.5. The number of carbonyl (C=O) groups excluding carboxylic acids is 1. The van der Waals surface area contributed by atoms with Gasteiger partial charge in [-0.15, -0.1) is 0 Å². The van der Waals surface area contributed by atoms with Crippen molar-refractivity contribution in [2.45, 2.75) is 13.3 Å². The molecule has 0 radical (unpaired) electrons. The van der Waals surface area contributed by atoms with Gasteiger partial charge in [0.1, 0.15) is 5.75 Å². The molecule has 0 unspecified atom stereocenters. The van der Waals surface area contributed by atoms with Crippen LogP contribution in [0, 0.1) is 6.92 Å². The number of hydrogen-bond donors (Lipinski definition) is 1.